The van der Waals surface area contributed by atoms with Crippen molar-refractivity contribution in [3.63, 3.8) is 0 Å². The van der Waals surface area contributed by atoms with E-state index in [2.05, 4.69) is 24.3 Å². The first-order chi connectivity index (χ1) is 10.3. The molecule has 0 amide bonds. The number of benzene rings is 2. The normalized spacial score (nSPS) is 10.4. The predicted octanol–water partition coefficient (Wildman–Crippen LogP) is -0.452. The van der Waals surface area contributed by atoms with Crippen molar-refractivity contribution in [1.82, 2.24) is 0 Å². The molecule has 0 atom stereocenters. The summed E-state index contributed by atoms with van der Waals surface area (Å²) in [7, 11) is -0.514. The maximum absolute atomic E-state index is 8.71. The highest BCUT2D eigenvalue weighted by molar-refractivity contribution is 6.67. The third-order valence-corrected chi connectivity index (χ3v) is 4.73. The molecule has 2 N–H and O–H groups in total. The van der Waals surface area contributed by atoms with Crippen LogP contribution in [0, 0.1) is 0 Å². The minimum Gasteiger partial charge on any atom is -0.491 e. The fourth-order valence-electron chi connectivity index (χ4n) is 1.97. The number of aliphatic hydroxyl groups is 2. The highest BCUT2D eigenvalue weighted by Crippen LogP contribution is 2.08. The van der Waals surface area contributed by atoms with E-state index in [1.54, 1.807) is 0 Å². The van der Waals surface area contributed by atoms with Gasteiger partial charge in [-0.25, -0.2) is 0 Å². The molecule has 21 heavy (non-hydrogen) atoms. The van der Waals surface area contributed by atoms with Crippen molar-refractivity contribution in [2.75, 3.05) is 26.4 Å². The van der Waals surface area contributed by atoms with Gasteiger partial charge in [0, 0.05) is 0 Å². The van der Waals surface area contributed by atoms with Crippen molar-refractivity contribution < 1.29 is 19.7 Å². The Kier molecular flexibility index (Phi) is 6.27. The Hall–Kier alpha value is -1.82. The fourth-order valence-corrected chi connectivity index (χ4v) is 3.38. The van der Waals surface area contributed by atoms with Crippen LogP contribution in [0.25, 0.3) is 0 Å². The molecule has 0 aliphatic heterocycles. The van der Waals surface area contributed by atoms with Gasteiger partial charge in [-0.05, 0) is 24.3 Å². The van der Waals surface area contributed by atoms with E-state index in [9.17, 15) is 0 Å². The zero-order chi connectivity index (χ0) is 14.9. The van der Waals surface area contributed by atoms with Crippen LogP contribution in [-0.2, 0) is 0 Å². The molecule has 0 unspecified atom stereocenters. The van der Waals surface area contributed by atoms with Gasteiger partial charge < -0.3 is 19.7 Å². The molecule has 0 bridgehead atoms. The number of aliphatic hydroxyl groups excluding tert-OH is 2. The van der Waals surface area contributed by atoms with Gasteiger partial charge in [-0.2, -0.15) is 0 Å². The molecule has 0 aromatic heterocycles. The molecule has 0 fully saturated rings. The van der Waals surface area contributed by atoms with E-state index in [4.69, 9.17) is 19.7 Å². The van der Waals surface area contributed by atoms with Crippen LogP contribution in [0.15, 0.2) is 48.5 Å². The number of hydrogen-bond acceptors (Lipinski definition) is 4. The van der Waals surface area contributed by atoms with E-state index in [0.29, 0.717) is 13.2 Å². The summed E-state index contributed by atoms with van der Waals surface area (Å²) in [5.74, 6) is 1.57. The molecule has 4 nitrogen and oxygen atoms in total. The summed E-state index contributed by atoms with van der Waals surface area (Å²) in [4.78, 5) is 0. The number of ether oxygens (including phenoxy) is 2. The van der Waals surface area contributed by atoms with Gasteiger partial charge in [-0.15, -0.1) is 0 Å². The Morgan fingerprint density at radius 1 is 0.667 bits per heavy atom. The lowest BCUT2D eigenvalue weighted by Gasteiger charge is -2.07. The van der Waals surface area contributed by atoms with Crippen molar-refractivity contribution in [3.8, 4) is 11.5 Å². The lowest BCUT2D eigenvalue weighted by atomic mass is 10.3. The molecule has 2 aromatic carbocycles. The number of hydrogen-bond donors (Lipinski definition) is 2. The smallest absolute Gasteiger partial charge is 0.119 e. The minimum absolute atomic E-state index is 0.0290. The van der Waals surface area contributed by atoms with Crippen LogP contribution in [0.4, 0.5) is 0 Å². The highest BCUT2D eigenvalue weighted by atomic mass is 28.2. The van der Waals surface area contributed by atoms with Crippen molar-refractivity contribution in [3.05, 3.63) is 48.5 Å². The van der Waals surface area contributed by atoms with Gasteiger partial charge in [-0.1, -0.05) is 34.6 Å². The average Bonchev–Trinajstić information content (AvgIpc) is 2.53. The topological polar surface area (TPSA) is 58.9 Å². The molecular formula is C16H20O4Si. The summed E-state index contributed by atoms with van der Waals surface area (Å²) in [6.45, 7) is 0.709. The molecule has 2 rings (SSSR count). The van der Waals surface area contributed by atoms with E-state index in [-0.39, 0.29) is 13.2 Å². The molecule has 112 valence electrons. The Bertz CT molecular complexity index is 475. The van der Waals surface area contributed by atoms with E-state index >= 15 is 0 Å². The quantitative estimate of drug-likeness (QED) is 0.649. The van der Waals surface area contributed by atoms with Crippen LogP contribution in [0.2, 0.25) is 0 Å². The third-order valence-electron chi connectivity index (χ3n) is 2.97. The van der Waals surface area contributed by atoms with Crippen molar-refractivity contribution in [1.29, 1.82) is 0 Å². The second-order valence-electron chi connectivity index (χ2n) is 4.61. The van der Waals surface area contributed by atoms with Crippen LogP contribution in [0.1, 0.15) is 0 Å². The molecule has 0 radical (unpaired) electrons. The van der Waals surface area contributed by atoms with E-state index in [1.165, 1.54) is 10.4 Å². The first kappa shape index (κ1) is 15.6. The Morgan fingerprint density at radius 2 is 1.05 bits per heavy atom. The minimum atomic E-state index is -0.514. The number of rotatable bonds is 8. The van der Waals surface area contributed by atoms with Gasteiger partial charge >= 0.3 is 0 Å². The summed E-state index contributed by atoms with van der Waals surface area (Å²) in [6, 6.07) is 16.1. The standard InChI is InChI=1S/C16H20O4Si/c17-9-11-19-13-1-5-15(6-2-13)21-16-7-3-14(4-8-16)20-12-10-18/h1-8,17-18H,9-12,21H2. The lowest BCUT2D eigenvalue weighted by Crippen LogP contribution is -2.26. The monoisotopic (exact) mass is 304 g/mol. The van der Waals surface area contributed by atoms with Gasteiger partial charge in [0.05, 0.1) is 22.7 Å². The Balaban J connectivity index is 1.91. The summed E-state index contributed by atoms with van der Waals surface area (Å²) >= 11 is 0. The predicted molar refractivity (Wildman–Crippen MR) is 85.9 cm³/mol. The summed E-state index contributed by atoms with van der Waals surface area (Å²) < 4.78 is 10.7. The zero-order valence-corrected chi connectivity index (χ0v) is 13.3. The second-order valence-corrected chi connectivity index (χ2v) is 6.60. The van der Waals surface area contributed by atoms with Crippen LogP contribution in [-0.4, -0.2) is 46.2 Å². The summed E-state index contributed by atoms with van der Waals surface area (Å²) in [6.07, 6.45) is 0. The van der Waals surface area contributed by atoms with Crippen molar-refractivity contribution in [2.45, 2.75) is 0 Å². The van der Waals surface area contributed by atoms with E-state index in [0.717, 1.165) is 11.5 Å². The summed E-state index contributed by atoms with van der Waals surface area (Å²) in [5, 5.41) is 20.1. The SMILES string of the molecule is OCCOc1ccc([SiH2]c2ccc(OCCO)cc2)cc1. The molecule has 0 saturated heterocycles. The van der Waals surface area contributed by atoms with Crippen molar-refractivity contribution >= 4 is 19.9 Å². The average molecular weight is 304 g/mol. The van der Waals surface area contributed by atoms with Crippen LogP contribution in [0.5, 0.6) is 11.5 Å². The van der Waals surface area contributed by atoms with Gasteiger partial charge in [0.15, 0.2) is 0 Å². The molecule has 5 heteroatoms. The highest BCUT2D eigenvalue weighted by Gasteiger charge is 2.00. The van der Waals surface area contributed by atoms with E-state index < -0.39 is 9.52 Å². The Morgan fingerprint density at radius 3 is 1.38 bits per heavy atom. The zero-order valence-electron chi connectivity index (χ0n) is 11.9. The molecule has 2 aromatic rings. The molecule has 0 aliphatic rings. The van der Waals surface area contributed by atoms with Crippen molar-refractivity contribution in [2.24, 2.45) is 0 Å². The maximum atomic E-state index is 8.71. The van der Waals surface area contributed by atoms with Gasteiger partial charge in [0.1, 0.15) is 24.7 Å². The van der Waals surface area contributed by atoms with E-state index in [1.807, 2.05) is 24.3 Å². The Labute approximate surface area is 126 Å². The molecule has 0 spiro atoms. The molecule has 0 saturated carbocycles. The largest absolute Gasteiger partial charge is 0.491 e. The van der Waals surface area contributed by atoms with Crippen LogP contribution < -0.4 is 19.8 Å². The first-order valence-corrected chi connectivity index (χ1v) is 8.38. The van der Waals surface area contributed by atoms with Crippen LogP contribution in [0.3, 0.4) is 0 Å². The first-order valence-electron chi connectivity index (χ1n) is 6.97. The lowest BCUT2D eigenvalue weighted by molar-refractivity contribution is 0.201. The summed E-state index contributed by atoms with van der Waals surface area (Å²) in [5.41, 5.74) is 0. The molecule has 0 aliphatic carbocycles. The van der Waals surface area contributed by atoms with Gasteiger partial charge in [-0.3, -0.25) is 0 Å². The third kappa shape index (κ3) is 5.22. The van der Waals surface area contributed by atoms with Gasteiger partial charge in [0.2, 0.25) is 0 Å². The second kappa shape index (κ2) is 8.46. The van der Waals surface area contributed by atoms with Crippen LogP contribution >= 0.6 is 0 Å². The molecular weight excluding hydrogens is 284 g/mol. The fraction of sp³-hybridized carbons (Fsp3) is 0.250. The molecule has 0 heterocycles. The maximum Gasteiger partial charge on any atom is 0.119 e. The van der Waals surface area contributed by atoms with Gasteiger partial charge in [0.25, 0.3) is 0 Å².